The topological polar surface area (TPSA) is 63.6 Å². The maximum absolute atomic E-state index is 14.4. The number of rotatable bonds is 5. The fourth-order valence-corrected chi connectivity index (χ4v) is 4.62. The second-order valence-corrected chi connectivity index (χ2v) is 9.43. The molecule has 1 saturated carbocycles. The van der Waals surface area contributed by atoms with Crippen molar-refractivity contribution in [2.24, 2.45) is 11.1 Å². The van der Waals surface area contributed by atoms with E-state index < -0.39 is 39.6 Å². The summed E-state index contributed by atoms with van der Waals surface area (Å²) in [7, 11) is 0. The monoisotopic (exact) mass is 525 g/mol. The van der Waals surface area contributed by atoms with Crippen LogP contribution in [0.3, 0.4) is 0 Å². The maximum Gasteiger partial charge on any atom is 0.435 e. The minimum atomic E-state index is -4.93. The SMILES string of the molecule is O=C(NCC1CC1)c1ccc(C2=NOC(c3cc(Cl)c(F)c(Cl)c3)(C(F)(F)F)C2)c2ccncc12. The van der Waals surface area contributed by atoms with Gasteiger partial charge in [0.25, 0.3) is 11.5 Å². The van der Waals surface area contributed by atoms with Crippen molar-refractivity contribution in [2.45, 2.75) is 31.0 Å². The lowest BCUT2D eigenvalue weighted by molar-refractivity contribution is -0.275. The summed E-state index contributed by atoms with van der Waals surface area (Å²) in [5, 5.41) is 6.50. The number of hydrogen-bond donors (Lipinski definition) is 1. The fourth-order valence-electron chi connectivity index (χ4n) is 4.13. The van der Waals surface area contributed by atoms with Crippen LogP contribution in [0, 0.1) is 11.7 Å². The Balaban J connectivity index is 1.53. The minimum Gasteiger partial charge on any atom is -0.374 e. The molecule has 2 heterocycles. The molecular formula is C24H17Cl2F4N3O2. The second-order valence-electron chi connectivity index (χ2n) is 8.62. The van der Waals surface area contributed by atoms with Crippen LogP contribution in [-0.4, -0.2) is 29.3 Å². The van der Waals surface area contributed by atoms with E-state index in [4.69, 9.17) is 28.0 Å². The van der Waals surface area contributed by atoms with E-state index in [1.54, 1.807) is 6.07 Å². The number of alkyl halides is 3. The predicted molar refractivity (Wildman–Crippen MR) is 123 cm³/mol. The van der Waals surface area contributed by atoms with Crippen molar-refractivity contribution in [2.75, 3.05) is 6.54 Å². The van der Waals surface area contributed by atoms with Gasteiger partial charge in [0.1, 0.15) is 0 Å². The van der Waals surface area contributed by atoms with Gasteiger partial charge in [-0.25, -0.2) is 4.39 Å². The number of nitrogens with zero attached hydrogens (tertiary/aromatic N) is 2. The summed E-state index contributed by atoms with van der Waals surface area (Å²) in [5.41, 5.74) is -2.67. The van der Waals surface area contributed by atoms with Crippen molar-refractivity contribution in [1.82, 2.24) is 10.3 Å². The summed E-state index contributed by atoms with van der Waals surface area (Å²) in [6.45, 7) is 0.569. The number of halogens is 6. The molecule has 1 aliphatic carbocycles. The van der Waals surface area contributed by atoms with Gasteiger partial charge in [0.05, 0.1) is 15.8 Å². The third-order valence-electron chi connectivity index (χ3n) is 6.26. The van der Waals surface area contributed by atoms with Crippen molar-refractivity contribution in [3.63, 3.8) is 0 Å². The molecular weight excluding hydrogens is 509 g/mol. The highest BCUT2D eigenvalue weighted by atomic mass is 35.5. The summed E-state index contributed by atoms with van der Waals surface area (Å²) < 4.78 is 56.9. The van der Waals surface area contributed by atoms with Crippen molar-refractivity contribution in [3.8, 4) is 0 Å². The van der Waals surface area contributed by atoms with E-state index in [-0.39, 0.29) is 11.6 Å². The molecule has 1 unspecified atom stereocenters. The Morgan fingerprint density at radius 1 is 1.14 bits per heavy atom. The van der Waals surface area contributed by atoms with Gasteiger partial charge >= 0.3 is 6.18 Å². The number of oxime groups is 1. The van der Waals surface area contributed by atoms with Crippen LogP contribution in [0.25, 0.3) is 10.8 Å². The number of amides is 1. The molecule has 2 aliphatic rings. The predicted octanol–water partition coefficient (Wildman–Crippen LogP) is 6.40. The van der Waals surface area contributed by atoms with Gasteiger partial charge in [0.2, 0.25) is 0 Å². The van der Waals surface area contributed by atoms with Gasteiger partial charge in [-0.15, -0.1) is 0 Å². The largest absolute Gasteiger partial charge is 0.435 e. The van der Waals surface area contributed by atoms with Crippen LogP contribution in [0.15, 0.2) is 47.9 Å². The summed E-state index contributed by atoms with van der Waals surface area (Å²) in [4.78, 5) is 21.8. The van der Waals surface area contributed by atoms with E-state index in [2.05, 4.69) is 15.5 Å². The molecule has 35 heavy (non-hydrogen) atoms. The van der Waals surface area contributed by atoms with Gasteiger partial charge in [-0.05, 0) is 48.4 Å². The number of carbonyl (C=O) groups excluding carboxylic acids is 1. The molecule has 0 saturated heterocycles. The maximum atomic E-state index is 14.4. The van der Waals surface area contributed by atoms with Crippen LogP contribution in [-0.2, 0) is 10.4 Å². The molecule has 1 fully saturated rings. The molecule has 0 spiro atoms. The Labute approximate surface area is 207 Å². The first-order valence-corrected chi connectivity index (χ1v) is 11.5. The van der Waals surface area contributed by atoms with Gasteiger partial charge in [-0.1, -0.05) is 34.4 Å². The average molecular weight is 526 g/mol. The number of aromatic nitrogens is 1. The van der Waals surface area contributed by atoms with Crippen molar-refractivity contribution >= 4 is 45.6 Å². The number of benzene rings is 2. The van der Waals surface area contributed by atoms with E-state index in [1.165, 1.54) is 24.5 Å². The van der Waals surface area contributed by atoms with Crippen molar-refractivity contribution in [1.29, 1.82) is 0 Å². The molecule has 0 bridgehead atoms. The molecule has 1 atom stereocenters. The van der Waals surface area contributed by atoms with E-state index >= 15 is 0 Å². The van der Waals surface area contributed by atoms with Crippen LogP contribution in [0.5, 0.6) is 0 Å². The van der Waals surface area contributed by atoms with Gasteiger partial charge in [-0.2, -0.15) is 13.2 Å². The molecule has 1 N–H and O–H groups in total. The highest BCUT2D eigenvalue weighted by Crippen LogP contribution is 2.50. The van der Waals surface area contributed by atoms with Crippen LogP contribution in [0.4, 0.5) is 17.6 Å². The molecule has 1 aliphatic heterocycles. The fraction of sp³-hybridized carbons (Fsp3) is 0.292. The highest BCUT2D eigenvalue weighted by Gasteiger charge is 2.62. The minimum absolute atomic E-state index is 0.0000310. The van der Waals surface area contributed by atoms with Gasteiger partial charge < -0.3 is 10.2 Å². The summed E-state index contributed by atoms with van der Waals surface area (Å²) in [6.07, 6.45) is -0.524. The van der Waals surface area contributed by atoms with Crippen LogP contribution >= 0.6 is 23.2 Å². The second kappa shape index (κ2) is 8.64. The normalized spacial score (nSPS) is 20.0. The molecule has 3 aromatic rings. The zero-order valence-electron chi connectivity index (χ0n) is 17.9. The van der Waals surface area contributed by atoms with Gasteiger partial charge in [0, 0.05) is 47.4 Å². The van der Waals surface area contributed by atoms with E-state index in [0.717, 1.165) is 25.0 Å². The highest BCUT2D eigenvalue weighted by molar-refractivity contribution is 6.35. The number of fused-ring (bicyclic) bond motifs is 1. The lowest BCUT2D eigenvalue weighted by atomic mass is 9.85. The quantitative estimate of drug-likeness (QED) is 0.309. The standard InChI is InChI=1S/C24H17Cl2F4N3O2/c25-18-7-13(8-19(26)21(18)27)23(24(28,29)30)9-20(33-35-23)15-3-4-16(17-11-31-6-5-14(15)17)22(34)32-10-12-1-2-12/h3-8,11-12H,1-2,9-10H2,(H,32,34). The third kappa shape index (κ3) is 4.21. The van der Waals surface area contributed by atoms with Crippen LogP contribution in [0.1, 0.15) is 40.7 Å². The summed E-state index contributed by atoms with van der Waals surface area (Å²) >= 11 is 11.5. The number of nitrogens with one attached hydrogen (secondary N) is 1. The zero-order chi connectivity index (χ0) is 25.0. The first kappa shape index (κ1) is 23.8. The van der Waals surface area contributed by atoms with Gasteiger partial charge in [-0.3, -0.25) is 9.78 Å². The lowest BCUT2D eigenvalue weighted by Gasteiger charge is -2.29. The van der Waals surface area contributed by atoms with E-state index in [9.17, 15) is 22.4 Å². The Morgan fingerprint density at radius 3 is 2.51 bits per heavy atom. The Morgan fingerprint density at radius 2 is 1.86 bits per heavy atom. The smallest absolute Gasteiger partial charge is 0.374 e. The lowest BCUT2D eigenvalue weighted by Crippen LogP contribution is -2.42. The third-order valence-corrected chi connectivity index (χ3v) is 6.81. The average Bonchev–Trinajstić information content (AvgIpc) is 3.54. The molecule has 0 radical (unpaired) electrons. The van der Waals surface area contributed by atoms with Crippen molar-refractivity contribution < 1.29 is 27.2 Å². The van der Waals surface area contributed by atoms with Gasteiger partial charge in [0.15, 0.2) is 5.82 Å². The Hall–Kier alpha value is -2.91. The number of hydrogen-bond acceptors (Lipinski definition) is 4. The molecule has 1 aromatic heterocycles. The first-order valence-electron chi connectivity index (χ1n) is 10.7. The molecule has 182 valence electrons. The van der Waals surface area contributed by atoms with Crippen molar-refractivity contribution in [3.05, 3.63) is 75.3 Å². The Kier molecular flexibility index (Phi) is 5.88. The van der Waals surface area contributed by atoms with E-state index in [0.29, 0.717) is 34.4 Å². The molecule has 1 amide bonds. The Bertz CT molecular complexity index is 1350. The van der Waals surface area contributed by atoms with Crippen LogP contribution < -0.4 is 5.32 Å². The number of pyridine rings is 1. The zero-order valence-corrected chi connectivity index (χ0v) is 19.4. The molecule has 11 heteroatoms. The summed E-state index contributed by atoms with van der Waals surface area (Å²) in [6, 6.07) is 6.34. The van der Waals surface area contributed by atoms with Crippen LogP contribution in [0.2, 0.25) is 10.0 Å². The first-order chi connectivity index (χ1) is 16.6. The molecule has 5 rings (SSSR count). The molecule has 5 nitrogen and oxygen atoms in total. The molecule has 2 aromatic carbocycles. The van der Waals surface area contributed by atoms with E-state index in [1.807, 2.05) is 0 Å². The number of carbonyl (C=O) groups is 1. The summed E-state index contributed by atoms with van der Waals surface area (Å²) in [5.74, 6) is -0.828.